The molecule has 8 heteroatoms. The number of imide groups is 1. The molecule has 1 spiro atoms. The fourth-order valence-electron chi connectivity index (χ4n) is 5.09. The minimum Gasteiger partial charge on any atom is -0.392 e. The van der Waals surface area contributed by atoms with E-state index in [-0.39, 0.29) is 24.2 Å². The van der Waals surface area contributed by atoms with Crippen LogP contribution in [0.5, 0.6) is 0 Å². The van der Waals surface area contributed by atoms with Crippen LogP contribution in [0.25, 0.3) is 0 Å². The lowest BCUT2D eigenvalue weighted by molar-refractivity contribution is -0.181. The second kappa shape index (κ2) is 7.67. The molecule has 3 aliphatic rings. The largest absolute Gasteiger partial charge is 0.392 e. The Hall–Kier alpha value is -2.32. The van der Waals surface area contributed by atoms with E-state index in [9.17, 15) is 19.1 Å². The van der Waals surface area contributed by atoms with Crippen molar-refractivity contribution in [2.45, 2.75) is 37.2 Å². The normalized spacial score (nSPS) is 25.7. The predicted molar refractivity (Wildman–Crippen MR) is 113 cm³/mol. The molecule has 0 saturated carbocycles. The number of halogens is 2. The lowest BCUT2D eigenvalue weighted by Crippen LogP contribution is -2.81. The Bertz CT molecular complexity index is 1020. The first-order valence-electron chi connectivity index (χ1n) is 10.4. The standard InChI is InChI=1S/C23H23ClFN3O3/c24-19-4-2-1-3-16(19)11-27-21(30)20-9-18(29)12-28(20)23(22(27)31)13-26(14-23)10-15-5-7-17(25)8-6-15/h1-8,18,20,29H,9-14H2/t18-,20+/m1/s1. The van der Waals surface area contributed by atoms with Crippen molar-refractivity contribution in [3.8, 4) is 0 Å². The third-order valence-electron chi connectivity index (χ3n) is 6.60. The smallest absolute Gasteiger partial charge is 0.252 e. The summed E-state index contributed by atoms with van der Waals surface area (Å²) in [5, 5.41) is 10.8. The Labute approximate surface area is 184 Å². The molecule has 0 aliphatic carbocycles. The van der Waals surface area contributed by atoms with Gasteiger partial charge in [-0.15, -0.1) is 0 Å². The second-order valence-corrected chi connectivity index (χ2v) is 9.09. The molecule has 0 aromatic heterocycles. The van der Waals surface area contributed by atoms with Crippen LogP contribution in [0.4, 0.5) is 4.39 Å². The van der Waals surface area contributed by atoms with Crippen molar-refractivity contribution < 1.29 is 19.1 Å². The highest BCUT2D eigenvalue weighted by molar-refractivity contribution is 6.31. The number of aliphatic hydroxyl groups excluding tert-OH is 1. The Balaban J connectivity index is 1.39. The molecule has 3 saturated heterocycles. The van der Waals surface area contributed by atoms with Gasteiger partial charge in [0.1, 0.15) is 11.4 Å². The van der Waals surface area contributed by atoms with E-state index < -0.39 is 17.7 Å². The van der Waals surface area contributed by atoms with Gasteiger partial charge in [0.2, 0.25) is 5.91 Å². The highest BCUT2D eigenvalue weighted by atomic mass is 35.5. The van der Waals surface area contributed by atoms with Gasteiger partial charge in [-0.1, -0.05) is 41.9 Å². The van der Waals surface area contributed by atoms with E-state index in [1.165, 1.54) is 17.0 Å². The first-order valence-corrected chi connectivity index (χ1v) is 10.8. The summed E-state index contributed by atoms with van der Waals surface area (Å²) < 4.78 is 13.2. The summed E-state index contributed by atoms with van der Waals surface area (Å²) in [7, 11) is 0. The zero-order chi connectivity index (χ0) is 21.8. The molecule has 0 unspecified atom stereocenters. The van der Waals surface area contributed by atoms with Gasteiger partial charge in [0.15, 0.2) is 0 Å². The number of fused-ring (bicyclic) bond motifs is 2. The number of hydrogen-bond donors (Lipinski definition) is 1. The Morgan fingerprint density at radius 3 is 2.48 bits per heavy atom. The van der Waals surface area contributed by atoms with E-state index in [4.69, 9.17) is 11.6 Å². The molecular formula is C23H23ClFN3O3. The molecule has 6 nitrogen and oxygen atoms in total. The number of carbonyl (C=O) groups excluding carboxylic acids is 2. The minimum absolute atomic E-state index is 0.123. The fraction of sp³-hybridized carbons (Fsp3) is 0.391. The second-order valence-electron chi connectivity index (χ2n) is 8.68. The van der Waals surface area contributed by atoms with Gasteiger partial charge in [-0.2, -0.15) is 0 Å². The van der Waals surface area contributed by atoms with E-state index in [0.717, 1.165) is 11.1 Å². The van der Waals surface area contributed by atoms with Crippen molar-refractivity contribution >= 4 is 23.4 Å². The van der Waals surface area contributed by atoms with Crippen molar-refractivity contribution in [2.24, 2.45) is 0 Å². The maximum atomic E-state index is 13.6. The van der Waals surface area contributed by atoms with Gasteiger partial charge >= 0.3 is 0 Å². The lowest BCUT2D eigenvalue weighted by Gasteiger charge is -2.58. The van der Waals surface area contributed by atoms with Crippen LogP contribution < -0.4 is 0 Å². The summed E-state index contributed by atoms with van der Waals surface area (Å²) in [5.74, 6) is -0.795. The van der Waals surface area contributed by atoms with Crippen LogP contribution >= 0.6 is 11.6 Å². The molecule has 2 amide bonds. The summed E-state index contributed by atoms with van der Waals surface area (Å²) in [5.41, 5.74) is 0.842. The molecule has 1 N–H and O–H groups in total. The number of nitrogens with zero attached hydrogens (tertiary/aromatic N) is 3. The average Bonchev–Trinajstić information content (AvgIpc) is 3.12. The van der Waals surface area contributed by atoms with Gasteiger partial charge in [-0.25, -0.2) is 4.39 Å². The number of benzene rings is 2. The van der Waals surface area contributed by atoms with Crippen molar-refractivity contribution in [1.29, 1.82) is 0 Å². The van der Waals surface area contributed by atoms with Gasteiger partial charge in [0, 0.05) is 31.2 Å². The Morgan fingerprint density at radius 1 is 1.06 bits per heavy atom. The van der Waals surface area contributed by atoms with Crippen LogP contribution in [-0.2, 0) is 22.7 Å². The van der Waals surface area contributed by atoms with Crippen LogP contribution in [0.2, 0.25) is 5.02 Å². The van der Waals surface area contributed by atoms with Crippen molar-refractivity contribution in [1.82, 2.24) is 14.7 Å². The van der Waals surface area contributed by atoms with E-state index >= 15 is 0 Å². The van der Waals surface area contributed by atoms with Crippen LogP contribution in [0.1, 0.15) is 17.5 Å². The van der Waals surface area contributed by atoms with Crippen LogP contribution in [-0.4, -0.2) is 68.9 Å². The number of carbonyl (C=O) groups is 2. The highest BCUT2D eigenvalue weighted by Crippen LogP contribution is 2.41. The van der Waals surface area contributed by atoms with Crippen molar-refractivity contribution in [2.75, 3.05) is 19.6 Å². The lowest BCUT2D eigenvalue weighted by atomic mass is 9.82. The van der Waals surface area contributed by atoms with Crippen molar-refractivity contribution in [3.05, 3.63) is 70.5 Å². The summed E-state index contributed by atoms with van der Waals surface area (Å²) in [6.07, 6.45) is -0.310. The first kappa shape index (κ1) is 20.6. The molecule has 2 aromatic rings. The average molecular weight is 444 g/mol. The van der Waals surface area contributed by atoms with Gasteiger partial charge in [-0.05, 0) is 35.7 Å². The molecule has 31 heavy (non-hydrogen) atoms. The predicted octanol–water partition coefficient (Wildman–Crippen LogP) is 2.04. The highest BCUT2D eigenvalue weighted by Gasteiger charge is 2.64. The van der Waals surface area contributed by atoms with Gasteiger partial charge in [0.05, 0.1) is 18.7 Å². The third-order valence-corrected chi connectivity index (χ3v) is 6.97. The van der Waals surface area contributed by atoms with Gasteiger partial charge in [0.25, 0.3) is 5.91 Å². The summed E-state index contributed by atoms with van der Waals surface area (Å²) >= 11 is 6.28. The molecule has 3 heterocycles. The molecule has 162 valence electrons. The molecular weight excluding hydrogens is 421 g/mol. The zero-order valence-electron chi connectivity index (χ0n) is 16.9. The topological polar surface area (TPSA) is 64.1 Å². The molecule has 2 atom stereocenters. The van der Waals surface area contributed by atoms with Crippen LogP contribution in [0, 0.1) is 5.82 Å². The quantitative estimate of drug-likeness (QED) is 0.733. The van der Waals surface area contributed by atoms with Gasteiger partial charge < -0.3 is 5.11 Å². The van der Waals surface area contributed by atoms with E-state index in [2.05, 4.69) is 4.90 Å². The summed E-state index contributed by atoms with van der Waals surface area (Å²) in [4.78, 5) is 32.1. The zero-order valence-corrected chi connectivity index (χ0v) is 17.6. The van der Waals surface area contributed by atoms with E-state index in [1.807, 2.05) is 23.1 Å². The van der Waals surface area contributed by atoms with Crippen LogP contribution in [0.15, 0.2) is 48.5 Å². The molecule has 3 aliphatic heterocycles. The maximum Gasteiger partial charge on any atom is 0.252 e. The van der Waals surface area contributed by atoms with Gasteiger partial charge in [-0.3, -0.25) is 24.3 Å². The molecule has 3 fully saturated rings. The van der Waals surface area contributed by atoms with E-state index in [1.54, 1.807) is 18.2 Å². The molecule has 0 bridgehead atoms. The SMILES string of the molecule is O=C1[C@@H]2C[C@@H](O)CN2C2(CN(Cc3ccc(F)cc3)C2)C(=O)N1Cc1ccccc1Cl. The summed E-state index contributed by atoms with van der Waals surface area (Å²) in [6, 6.07) is 13.0. The molecule has 5 rings (SSSR count). The molecule has 2 aromatic carbocycles. The maximum absolute atomic E-state index is 13.6. The van der Waals surface area contributed by atoms with Crippen LogP contribution in [0.3, 0.4) is 0 Å². The Kier molecular flexibility index (Phi) is 5.09. The monoisotopic (exact) mass is 443 g/mol. The number of β-amino-alcohol motifs (C(OH)–C–C–N with tert-alkyl or cyclic N) is 1. The number of rotatable bonds is 4. The third kappa shape index (κ3) is 3.46. The fourth-order valence-corrected chi connectivity index (χ4v) is 5.29. The number of amides is 2. The first-order chi connectivity index (χ1) is 14.9. The van der Waals surface area contributed by atoms with E-state index in [0.29, 0.717) is 37.6 Å². The number of likely N-dealkylation sites (tertiary alicyclic amines) is 1. The number of aliphatic hydroxyl groups is 1. The molecule has 0 radical (unpaired) electrons. The Morgan fingerprint density at radius 2 is 1.77 bits per heavy atom. The number of piperazine rings is 1. The van der Waals surface area contributed by atoms with Crippen molar-refractivity contribution in [3.63, 3.8) is 0 Å². The number of hydrogen-bond acceptors (Lipinski definition) is 5. The minimum atomic E-state index is -0.836. The summed E-state index contributed by atoms with van der Waals surface area (Å²) in [6.45, 7) is 1.94.